The fourth-order valence-electron chi connectivity index (χ4n) is 2.62. The number of rotatable bonds is 3. The van der Waals surface area contributed by atoms with Crippen molar-refractivity contribution in [2.24, 2.45) is 7.05 Å². The molecule has 0 amide bonds. The summed E-state index contributed by atoms with van der Waals surface area (Å²) in [5.41, 5.74) is 7.51. The Bertz CT molecular complexity index is 544. The van der Waals surface area contributed by atoms with Crippen LogP contribution in [0.15, 0.2) is 18.3 Å². The van der Waals surface area contributed by atoms with Crippen molar-refractivity contribution in [1.29, 1.82) is 0 Å². The van der Waals surface area contributed by atoms with Gasteiger partial charge in [0.1, 0.15) is 0 Å². The van der Waals surface area contributed by atoms with Crippen LogP contribution in [0.4, 0.5) is 0 Å². The smallest absolute Gasteiger partial charge is 0.0973 e. The van der Waals surface area contributed by atoms with E-state index in [-0.39, 0.29) is 0 Å². The fraction of sp³-hybridized carbons (Fsp3) is 0.400. The van der Waals surface area contributed by atoms with Crippen molar-refractivity contribution in [2.75, 3.05) is 7.05 Å². The van der Waals surface area contributed by atoms with E-state index in [0.717, 1.165) is 12.2 Å². The second-order valence-corrected chi connectivity index (χ2v) is 4.98. The minimum Gasteiger partial charge on any atom is -0.316 e. The van der Waals surface area contributed by atoms with E-state index in [9.17, 15) is 0 Å². The van der Waals surface area contributed by atoms with Crippen LogP contribution in [-0.4, -0.2) is 16.8 Å². The molecule has 1 heterocycles. The standard InChI is InChI=1S/C15H21N3/c1-10-6-11(2)14(12(3)7-10)15-13(8-16-4)9-18(5)17-15/h6-7,9,16H,8H2,1-5H3. The molecule has 1 N–H and O–H groups in total. The summed E-state index contributed by atoms with van der Waals surface area (Å²) >= 11 is 0. The van der Waals surface area contributed by atoms with Gasteiger partial charge in [-0.1, -0.05) is 17.7 Å². The molecule has 0 aliphatic carbocycles. The highest BCUT2D eigenvalue weighted by molar-refractivity contribution is 5.70. The molecular weight excluding hydrogens is 222 g/mol. The zero-order valence-corrected chi connectivity index (χ0v) is 11.8. The normalized spacial score (nSPS) is 10.9. The lowest BCUT2D eigenvalue weighted by Gasteiger charge is -2.11. The Morgan fingerprint density at radius 2 is 1.78 bits per heavy atom. The molecule has 0 aliphatic rings. The highest BCUT2D eigenvalue weighted by Crippen LogP contribution is 2.29. The zero-order valence-electron chi connectivity index (χ0n) is 11.8. The molecule has 0 unspecified atom stereocenters. The van der Waals surface area contributed by atoms with E-state index >= 15 is 0 Å². The molecule has 0 atom stereocenters. The van der Waals surface area contributed by atoms with Crippen LogP contribution >= 0.6 is 0 Å². The Labute approximate surface area is 109 Å². The fourth-order valence-corrected chi connectivity index (χ4v) is 2.62. The number of benzene rings is 1. The summed E-state index contributed by atoms with van der Waals surface area (Å²) in [4.78, 5) is 0. The molecule has 0 radical (unpaired) electrons. The van der Waals surface area contributed by atoms with Gasteiger partial charge in [-0.2, -0.15) is 5.10 Å². The third-order valence-corrected chi connectivity index (χ3v) is 3.19. The molecule has 0 saturated heterocycles. The van der Waals surface area contributed by atoms with E-state index in [1.165, 1.54) is 27.8 Å². The van der Waals surface area contributed by atoms with Crippen LogP contribution in [-0.2, 0) is 13.6 Å². The van der Waals surface area contributed by atoms with Crippen molar-refractivity contribution in [3.63, 3.8) is 0 Å². The van der Waals surface area contributed by atoms with Gasteiger partial charge in [0.2, 0.25) is 0 Å². The Balaban J connectivity index is 2.61. The lowest BCUT2D eigenvalue weighted by Crippen LogP contribution is -2.05. The first-order valence-electron chi connectivity index (χ1n) is 6.28. The Kier molecular flexibility index (Phi) is 3.53. The minimum absolute atomic E-state index is 0.843. The predicted octanol–water partition coefficient (Wildman–Crippen LogP) is 2.73. The van der Waals surface area contributed by atoms with E-state index in [4.69, 9.17) is 0 Å². The topological polar surface area (TPSA) is 29.9 Å². The minimum atomic E-state index is 0.843. The third kappa shape index (κ3) is 2.31. The quantitative estimate of drug-likeness (QED) is 0.898. The van der Waals surface area contributed by atoms with Gasteiger partial charge < -0.3 is 5.32 Å². The number of hydrogen-bond donors (Lipinski definition) is 1. The zero-order chi connectivity index (χ0) is 13.3. The van der Waals surface area contributed by atoms with Crippen LogP contribution in [0, 0.1) is 20.8 Å². The van der Waals surface area contributed by atoms with Gasteiger partial charge in [0, 0.05) is 30.9 Å². The maximum atomic E-state index is 4.63. The van der Waals surface area contributed by atoms with Crippen LogP contribution in [0.3, 0.4) is 0 Å². The van der Waals surface area contributed by atoms with Gasteiger partial charge in [0.25, 0.3) is 0 Å². The first-order valence-corrected chi connectivity index (χ1v) is 6.28. The highest BCUT2D eigenvalue weighted by Gasteiger charge is 2.14. The number of nitrogens with zero attached hydrogens (tertiary/aromatic N) is 2. The molecule has 3 nitrogen and oxygen atoms in total. The van der Waals surface area contributed by atoms with Crippen molar-refractivity contribution in [3.8, 4) is 11.3 Å². The largest absolute Gasteiger partial charge is 0.316 e. The van der Waals surface area contributed by atoms with Gasteiger partial charge in [-0.15, -0.1) is 0 Å². The molecule has 3 heteroatoms. The van der Waals surface area contributed by atoms with Gasteiger partial charge in [0.05, 0.1) is 5.69 Å². The molecular formula is C15H21N3. The van der Waals surface area contributed by atoms with E-state index in [1.54, 1.807) is 0 Å². The van der Waals surface area contributed by atoms with E-state index in [0.29, 0.717) is 0 Å². The SMILES string of the molecule is CNCc1cn(C)nc1-c1c(C)cc(C)cc1C. The van der Waals surface area contributed by atoms with Crippen molar-refractivity contribution in [2.45, 2.75) is 27.3 Å². The third-order valence-electron chi connectivity index (χ3n) is 3.19. The van der Waals surface area contributed by atoms with Gasteiger partial charge in [0.15, 0.2) is 0 Å². The first kappa shape index (κ1) is 12.8. The predicted molar refractivity (Wildman–Crippen MR) is 75.6 cm³/mol. The van der Waals surface area contributed by atoms with Crippen LogP contribution in [0.1, 0.15) is 22.3 Å². The van der Waals surface area contributed by atoms with Crippen LogP contribution in [0.5, 0.6) is 0 Å². The van der Waals surface area contributed by atoms with Crippen molar-refractivity contribution >= 4 is 0 Å². The second kappa shape index (κ2) is 4.94. The molecule has 2 rings (SSSR count). The maximum Gasteiger partial charge on any atom is 0.0973 e. The Hall–Kier alpha value is -1.61. The van der Waals surface area contributed by atoms with Gasteiger partial charge in [-0.3, -0.25) is 4.68 Å². The summed E-state index contributed by atoms with van der Waals surface area (Å²) in [6.45, 7) is 7.30. The summed E-state index contributed by atoms with van der Waals surface area (Å²) in [5.74, 6) is 0. The average molecular weight is 243 g/mol. The highest BCUT2D eigenvalue weighted by atomic mass is 15.3. The molecule has 0 aliphatic heterocycles. The molecule has 0 spiro atoms. The molecule has 1 aromatic carbocycles. The van der Waals surface area contributed by atoms with Crippen LogP contribution in [0.2, 0.25) is 0 Å². The lowest BCUT2D eigenvalue weighted by atomic mass is 9.95. The summed E-state index contributed by atoms with van der Waals surface area (Å²) in [6.07, 6.45) is 2.09. The van der Waals surface area contributed by atoms with Gasteiger partial charge in [-0.25, -0.2) is 0 Å². The molecule has 0 bridgehead atoms. The van der Waals surface area contributed by atoms with E-state index < -0.39 is 0 Å². The molecule has 0 saturated carbocycles. The van der Waals surface area contributed by atoms with Crippen molar-refractivity contribution in [3.05, 3.63) is 40.6 Å². The number of aryl methyl sites for hydroxylation is 4. The molecule has 1 aromatic heterocycles. The molecule has 96 valence electrons. The second-order valence-electron chi connectivity index (χ2n) is 4.98. The Morgan fingerprint density at radius 1 is 1.17 bits per heavy atom. The summed E-state index contributed by atoms with van der Waals surface area (Å²) < 4.78 is 1.89. The molecule has 0 fully saturated rings. The lowest BCUT2D eigenvalue weighted by molar-refractivity contribution is 0.765. The first-order chi connectivity index (χ1) is 8.52. The molecule has 18 heavy (non-hydrogen) atoms. The number of nitrogens with one attached hydrogen (secondary N) is 1. The van der Waals surface area contributed by atoms with Crippen LogP contribution < -0.4 is 5.32 Å². The summed E-state index contributed by atoms with van der Waals surface area (Å²) in [7, 11) is 3.94. The molecule has 2 aromatic rings. The summed E-state index contributed by atoms with van der Waals surface area (Å²) in [6, 6.07) is 4.44. The summed E-state index contributed by atoms with van der Waals surface area (Å²) in [5, 5.41) is 7.83. The van der Waals surface area contributed by atoms with Crippen LogP contribution in [0.25, 0.3) is 11.3 Å². The average Bonchev–Trinajstić information content (AvgIpc) is 2.58. The maximum absolute atomic E-state index is 4.63. The van der Waals surface area contributed by atoms with E-state index in [2.05, 4.69) is 49.5 Å². The monoisotopic (exact) mass is 243 g/mol. The van der Waals surface area contributed by atoms with Crippen molar-refractivity contribution in [1.82, 2.24) is 15.1 Å². The van der Waals surface area contributed by atoms with E-state index in [1.807, 2.05) is 18.8 Å². The number of aromatic nitrogens is 2. The van der Waals surface area contributed by atoms with Gasteiger partial charge >= 0.3 is 0 Å². The van der Waals surface area contributed by atoms with Gasteiger partial charge in [-0.05, 0) is 38.9 Å². The number of hydrogen-bond acceptors (Lipinski definition) is 2. The Morgan fingerprint density at radius 3 is 2.33 bits per heavy atom. The van der Waals surface area contributed by atoms with Crippen molar-refractivity contribution < 1.29 is 0 Å².